The Bertz CT molecular complexity index is 336. The van der Waals surface area contributed by atoms with Crippen molar-refractivity contribution in [3.8, 4) is 0 Å². The molecule has 0 spiro atoms. The summed E-state index contributed by atoms with van der Waals surface area (Å²) in [6.45, 7) is 3.80. The van der Waals surface area contributed by atoms with Crippen molar-refractivity contribution in [2.75, 3.05) is 5.75 Å². The van der Waals surface area contributed by atoms with Gasteiger partial charge in [0.1, 0.15) is 0 Å². The lowest BCUT2D eigenvalue weighted by Gasteiger charge is -2.04. The Morgan fingerprint density at radius 2 is 1.25 bits per heavy atom. The normalized spacial score (nSPS) is 11.5. The molecule has 0 aromatic rings. The van der Waals surface area contributed by atoms with Crippen LogP contribution in [-0.4, -0.2) is 20.1 Å². The topological polar surface area (TPSA) is 60.4 Å². The number of unbranched alkanes of at least 4 members (excludes halogenated alkanes) is 9. The summed E-state index contributed by atoms with van der Waals surface area (Å²) in [7, 11) is -3.65. The predicted octanol–water partition coefficient (Wildman–Crippen LogP) is 4.19. The minimum atomic E-state index is -3.65. The van der Waals surface area contributed by atoms with Crippen molar-refractivity contribution >= 4 is 16.1 Å². The smallest absolute Gasteiger partial charge is 0.321 e. The molecule has 0 heterocycles. The van der Waals surface area contributed by atoms with Gasteiger partial charge in [-0.2, -0.15) is 8.42 Å². The molecular weight excluding hydrogens is 276 g/mol. The molecule has 0 bridgehead atoms. The molecule has 5 heteroatoms. The first-order chi connectivity index (χ1) is 9.52. The third-order valence-corrected chi connectivity index (χ3v) is 4.48. The second kappa shape index (κ2) is 12.2. The number of carbonyl (C=O) groups is 1. The maximum absolute atomic E-state index is 11.4. The van der Waals surface area contributed by atoms with E-state index in [0.29, 0.717) is 6.42 Å². The molecule has 0 saturated heterocycles. The van der Waals surface area contributed by atoms with Crippen LogP contribution in [0, 0.1) is 0 Å². The lowest BCUT2D eigenvalue weighted by atomic mass is 10.1. The van der Waals surface area contributed by atoms with E-state index in [-0.39, 0.29) is 12.2 Å². The Morgan fingerprint density at radius 1 is 0.800 bits per heavy atom. The Hall–Kier alpha value is -0.580. The van der Waals surface area contributed by atoms with Crippen molar-refractivity contribution < 1.29 is 17.4 Å². The summed E-state index contributed by atoms with van der Waals surface area (Å²) in [6.07, 6.45) is 11.6. The third-order valence-electron chi connectivity index (χ3n) is 3.26. The third kappa shape index (κ3) is 12.5. The molecule has 0 amide bonds. The lowest BCUT2D eigenvalue weighted by Crippen LogP contribution is -2.15. The van der Waals surface area contributed by atoms with E-state index in [9.17, 15) is 13.2 Å². The molecule has 0 fully saturated rings. The van der Waals surface area contributed by atoms with Crippen molar-refractivity contribution in [3.63, 3.8) is 0 Å². The predicted molar refractivity (Wildman–Crippen MR) is 82.0 cm³/mol. The van der Waals surface area contributed by atoms with Crippen LogP contribution < -0.4 is 0 Å². The highest BCUT2D eigenvalue weighted by Crippen LogP contribution is 2.11. The lowest BCUT2D eigenvalue weighted by molar-refractivity contribution is -0.133. The summed E-state index contributed by atoms with van der Waals surface area (Å²) in [5.74, 6) is -0.716. The molecule has 120 valence electrons. The summed E-state index contributed by atoms with van der Waals surface area (Å²) in [5.41, 5.74) is 0. The van der Waals surface area contributed by atoms with Gasteiger partial charge in [0.05, 0.1) is 5.75 Å². The fourth-order valence-corrected chi connectivity index (χ4v) is 3.05. The number of carbonyl (C=O) groups excluding carboxylic acids is 1. The van der Waals surface area contributed by atoms with Gasteiger partial charge in [-0.05, 0) is 6.42 Å². The van der Waals surface area contributed by atoms with Crippen molar-refractivity contribution in [3.05, 3.63) is 0 Å². The first kappa shape index (κ1) is 19.4. The van der Waals surface area contributed by atoms with Crippen LogP contribution in [0.1, 0.15) is 84.5 Å². The van der Waals surface area contributed by atoms with Gasteiger partial charge in [0, 0.05) is 6.42 Å². The van der Waals surface area contributed by atoms with E-state index in [4.69, 9.17) is 0 Å². The van der Waals surface area contributed by atoms with Crippen molar-refractivity contribution in [2.24, 2.45) is 0 Å². The molecule has 0 rings (SSSR count). The molecule has 0 aromatic carbocycles. The zero-order valence-corrected chi connectivity index (χ0v) is 13.8. The van der Waals surface area contributed by atoms with Gasteiger partial charge in [0.15, 0.2) is 0 Å². The molecule has 0 radical (unpaired) electrons. The first-order valence-electron chi connectivity index (χ1n) is 7.96. The van der Waals surface area contributed by atoms with Crippen LogP contribution in [0.4, 0.5) is 0 Å². The summed E-state index contributed by atoms with van der Waals surface area (Å²) < 4.78 is 27.2. The van der Waals surface area contributed by atoms with E-state index in [0.717, 1.165) is 12.8 Å². The van der Waals surface area contributed by atoms with Gasteiger partial charge < -0.3 is 4.18 Å². The second-order valence-corrected chi connectivity index (χ2v) is 6.94. The second-order valence-electron chi connectivity index (χ2n) is 5.25. The van der Waals surface area contributed by atoms with E-state index >= 15 is 0 Å². The molecule has 0 atom stereocenters. The van der Waals surface area contributed by atoms with Crippen molar-refractivity contribution in [1.29, 1.82) is 0 Å². The van der Waals surface area contributed by atoms with E-state index in [1.54, 1.807) is 6.92 Å². The van der Waals surface area contributed by atoms with Gasteiger partial charge in [-0.25, -0.2) is 0 Å². The van der Waals surface area contributed by atoms with Crippen LogP contribution in [0.2, 0.25) is 0 Å². The molecule has 0 unspecified atom stereocenters. The molecule has 0 aliphatic carbocycles. The first-order valence-corrected chi connectivity index (χ1v) is 9.54. The summed E-state index contributed by atoms with van der Waals surface area (Å²) in [6, 6.07) is 0. The van der Waals surface area contributed by atoms with Gasteiger partial charge in [0.25, 0.3) is 0 Å². The molecule has 0 aromatic heterocycles. The Balaban J connectivity index is 3.41. The SMILES string of the molecule is CCCCCCCCCCCCS(=O)(=O)OC(=O)CC. The Morgan fingerprint density at radius 3 is 1.70 bits per heavy atom. The molecule has 4 nitrogen and oxygen atoms in total. The molecule has 20 heavy (non-hydrogen) atoms. The van der Waals surface area contributed by atoms with Crippen LogP contribution in [0.25, 0.3) is 0 Å². The average Bonchev–Trinajstić information content (AvgIpc) is 2.40. The van der Waals surface area contributed by atoms with E-state index < -0.39 is 16.1 Å². The fraction of sp³-hybridized carbons (Fsp3) is 0.933. The average molecular weight is 306 g/mol. The van der Waals surface area contributed by atoms with Gasteiger partial charge in [-0.3, -0.25) is 4.79 Å². The minimum absolute atomic E-state index is 0.0464. The number of rotatable bonds is 13. The maximum Gasteiger partial charge on any atom is 0.321 e. The van der Waals surface area contributed by atoms with Gasteiger partial charge >= 0.3 is 16.1 Å². The van der Waals surface area contributed by atoms with Crippen molar-refractivity contribution in [1.82, 2.24) is 0 Å². The zero-order valence-electron chi connectivity index (χ0n) is 13.0. The van der Waals surface area contributed by atoms with Gasteiger partial charge in [-0.1, -0.05) is 71.6 Å². The fourth-order valence-electron chi connectivity index (χ4n) is 2.01. The Kier molecular flexibility index (Phi) is 11.8. The molecule has 0 N–H and O–H groups in total. The molecular formula is C15H30O4S. The van der Waals surface area contributed by atoms with Gasteiger partial charge in [-0.15, -0.1) is 0 Å². The molecule has 0 aliphatic rings. The number of hydrogen-bond acceptors (Lipinski definition) is 4. The molecule has 0 saturated carbocycles. The summed E-state index contributed by atoms with van der Waals surface area (Å²) in [4.78, 5) is 10.9. The highest BCUT2D eigenvalue weighted by molar-refractivity contribution is 7.87. The molecule has 0 aliphatic heterocycles. The van der Waals surface area contributed by atoms with Gasteiger partial charge in [0.2, 0.25) is 0 Å². The quantitative estimate of drug-likeness (QED) is 0.378. The van der Waals surface area contributed by atoms with Crippen LogP contribution >= 0.6 is 0 Å². The van der Waals surface area contributed by atoms with Crippen LogP contribution in [0.3, 0.4) is 0 Å². The van der Waals surface area contributed by atoms with E-state index in [1.807, 2.05) is 0 Å². The zero-order chi connectivity index (χ0) is 15.3. The maximum atomic E-state index is 11.4. The largest absolute Gasteiger partial charge is 0.346 e. The van der Waals surface area contributed by atoms with E-state index in [2.05, 4.69) is 11.1 Å². The van der Waals surface area contributed by atoms with Crippen LogP contribution in [-0.2, 0) is 19.1 Å². The highest BCUT2D eigenvalue weighted by Gasteiger charge is 2.14. The van der Waals surface area contributed by atoms with Crippen LogP contribution in [0.5, 0.6) is 0 Å². The Labute approximate surface area is 124 Å². The minimum Gasteiger partial charge on any atom is -0.346 e. The van der Waals surface area contributed by atoms with Crippen LogP contribution in [0.15, 0.2) is 0 Å². The highest BCUT2D eigenvalue weighted by atomic mass is 32.2. The summed E-state index contributed by atoms with van der Waals surface area (Å²) in [5, 5.41) is 0. The van der Waals surface area contributed by atoms with E-state index in [1.165, 1.54) is 44.9 Å². The monoisotopic (exact) mass is 306 g/mol. The standard InChI is InChI=1S/C15H30O4S/c1-3-5-6-7-8-9-10-11-12-13-14-20(17,18)19-15(16)4-2/h3-14H2,1-2H3. The number of hydrogen-bond donors (Lipinski definition) is 0. The van der Waals surface area contributed by atoms with Crippen molar-refractivity contribution in [2.45, 2.75) is 84.5 Å². The summed E-state index contributed by atoms with van der Waals surface area (Å²) >= 11 is 0.